The van der Waals surface area contributed by atoms with Gasteiger partial charge in [-0.15, -0.1) is 0 Å². The largest absolute Gasteiger partial charge is 0.481 e. The summed E-state index contributed by atoms with van der Waals surface area (Å²) in [5, 5.41) is 3.21. The maximum Gasteiger partial charge on any atom is 0.213 e. The van der Waals surface area contributed by atoms with Crippen molar-refractivity contribution in [1.82, 2.24) is 4.98 Å². The molecule has 0 aliphatic carbocycles. The number of furan rings is 1. The minimum absolute atomic E-state index is 0.611. The van der Waals surface area contributed by atoms with Crippen molar-refractivity contribution in [3.05, 3.63) is 42.0 Å². The molecular weight excluding hydrogens is 204 g/mol. The summed E-state index contributed by atoms with van der Waals surface area (Å²) in [6, 6.07) is 7.64. The maximum atomic E-state index is 5.44. The van der Waals surface area contributed by atoms with E-state index in [1.807, 2.05) is 31.2 Å². The Morgan fingerprint density at radius 3 is 2.75 bits per heavy atom. The zero-order valence-electron chi connectivity index (χ0n) is 9.36. The van der Waals surface area contributed by atoms with Gasteiger partial charge in [0.25, 0.3) is 0 Å². The third-order valence-corrected chi connectivity index (χ3v) is 2.21. The Kier molecular flexibility index (Phi) is 3.10. The van der Waals surface area contributed by atoms with E-state index in [1.165, 1.54) is 0 Å². The molecule has 84 valence electrons. The van der Waals surface area contributed by atoms with E-state index in [-0.39, 0.29) is 0 Å². The zero-order chi connectivity index (χ0) is 11.4. The number of hydrogen-bond acceptors (Lipinski definition) is 4. The monoisotopic (exact) mass is 218 g/mol. The van der Waals surface area contributed by atoms with Crippen molar-refractivity contribution in [3.63, 3.8) is 0 Å². The molecule has 0 radical (unpaired) electrons. The second kappa shape index (κ2) is 4.70. The maximum absolute atomic E-state index is 5.44. The van der Waals surface area contributed by atoms with Crippen molar-refractivity contribution in [1.29, 1.82) is 0 Å². The Labute approximate surface area is 94.3 Å². The van der Waals surface area contributed by atoms with Gasteiger partial charge in [0, 0.05) is 6.07 Å². The molecule has 0 aliphatic rings. The molecule has 0 saturated heterocycles. The van der Waals surface area contributed by atoms with Crippen molar-refractivity contribution in [2.75, 3.05) is 12.4 Å². The summed E-state index contributed by atoms with van der Waals surface area (Å²) in [5.41, 5.74) is 0.940. The third-order valence-electron chi connectivity index (χ3n) is 2.21. The van der Waals surface area contributed by atoms with Gasteiger partial charge in [-0.1, -0.05) is 0 Å². The van der Waals surface area contributed by atoms with Crippen molar-refractivity contribution in [2.24, 2.45) is 0 Å². The summed E-state index contributed by atoms with van der Waals surface area (Å²) < 4.78 is 10.4. The summed E-state index contributed by atoms with van der Waals surface area (Å²) in [5.74, 6) is 2.44. The Morgan fingerprint density at radius 1 is 1.31 bits per heavy atom. The lowest BCUT2D eigenvalue weighted by atomic mass is 10.4. The zero-order valence-corrected chi connectivity index (χ0v) is 9.36. The van der Waals surface area contributed by atoms with Crippen molar-refractivity contribution < 1.29 is 9.15 Å². The number of pyridine rings is 1. The minimum Gasteiger partial charge on any atom is -0.481 e. The molecule has 2 heterocycles. The molecule has 0 spiro atoms. The molecule has 0 unspecified atom stereocenters. The highest BCUT2D eigenvalue weighted by Crippen LogP contribution is 2.13. The molecule has 4 heteroatoms. The molecule has 4 nitrogen and oxygen atoms in total. The van der Waals surface area contributed by atoms with Gasteiger partial charge in [-0.05, 0) is 25.1 Å². The Morgan fingerprint density at radius 2 is 2.19 bits per heavy atom. The van der Waals surface area contributed by atoms with Crippen LogP contribution in [0.1, 0.15) is 11.5 Å². The molecule has 0 aliphatic heterocycles. The lowest BCUT2D eigenvalue weighted by Gasteiger charge is -2.04. The number of rotatable bonds is 4. The number of hydrogen-bond donors (Lipinski definition) is 1. The number of anilines is 1. The van der Waals surface area contributed by atoms with Crippen LogP contribution in [0.2, 0.25) is 0 Å². The van der Waals surface area contributed by atoms with Crippen molar-refractivity contribution in [2.45, 2.75) is 13.5 Å². The van der Waals surface area contributed by atoms with Gasteiger partial charge < -0.3 is 14.5 Å². The molecule has 2 aromatic heterocycles. The summed E-state index contributed by atoms with van der Waals surface area (Å²) in [4.78, 5) is 4.10. The molecule has 0 amide bonds. The predicted octanol–water partition coefficient (Wildman–Crippen LogP) is 2.60. The highest BCUT2D eigenvalue weighted by Gasteiger charge is 1.99. The summed E-state index contributed by atoms with van der Waals surface area (Å²) >= 11 is 0. The van der Waals surface area contributed by atoms with Gasteiger partial charge in [-0.25, -0.2) is 4.98 Å². The fraction of sp³-hybridized carbons (Fsp3) is 0.250. The fourth-order valence-electron chi connectivity index (χ4n) is 1.37. The first-order chi connectivity index (χ1) is 7.78. The van der Waals surface area contributed by atoms with E-state index < -0.39 is 0 Å². The smallest absolute Gasteiger partial charge is 0.213 e. The van der Waals surface area contributed by atoms with Crippen LogP contribution in [0.15, 0.2) is 34.9 Å². The lowest BCUT2D eigenvalue weighted by molar-refractivity contribution is 0.398. The quantitative estimate of drug-likeness (QED) is 0.856. The molecule has 16 heavy (non-hydrogen) atoms. The van der Waals surface area contributed by atoms with Gasteiger partial charge in [-0.2, -0.15) is 0 Å². The number of methoxy groups -OCH3 is 1. The molecule has 0 saturated carbocycles. The van der Waals surface area contributed by atoms with E-state index in [0.717, 1.165) is 17.2 Å². The first-order valence-electron chi connectivity index (χ1n) is 5.07. The van der Waals surface area contributed by atoms with Gasteiger partial charge in [0.15, 0.2) is 0 Å². The van der Waals surface area contributed by atoms with Crippen molar-refractivity contribution >= 4 is 5.69 Å². The van der Waals surface area contributed by atoms with E-state index in [4.69, 9.17) is 9.15 Å². The second-order valence-electron chi connectivity index (χ2n) is 3.46. The second-order valence-corrected chi connectivity index (χ2v) is 3.46. The Balaban J connectivity index is 1.94. The van der Waals surface area contributed by atoms with Crippen LogP contribution in [0.4, 0.5) is 5.69 Å². The van der Waals surface area contributed by atoms with Gasteiger partial charge in [0.05, 0.1) is 25.5 Å². The van der Waals surface area contributed by atoms with E-state index in [9.17, 15) is 0 Å². The van der Waals surface area contributed by atoms with Crippen LogP contribution < -0.4 is 10.1 Å². The molecule has 1 N–H and O–H groups in total. The first-order valence-corrected chi connectivity index (χ1v) is 5.07. The van der Waals surface area contributed by atoms with Crippen LogP contribution in [0.3, 0.4) is 0 Å². The van der Waals surface area contributed by atoms with Gasteiger partial charge in [0.1, 0.15) is 11.5 Å². The SMILES string of the molecule is COc1ccc(NCc2ccc(C)o2)cn1. The average Bonchev–Trinajstić information content (AvgIpc) is 2.73. The number of aryl methyl sites for hydroxylation is 1. The van der Waals surface area contributed by atoms with Gasteiger partial charge in [0.2, 0.25) is 5.88 Å². The van der Waals surface area contributed by atoms with Crippen LogP contribution in [-0.4, -0.2) is 12.1 Å². The van der Waals surface area contributed by atoms with Crippen LogP contribution in [0.5, 0.6) is 5.88 Å². The summed E-state index contributed by atoms with van der Waals surface area (Å²) in [6.07, 6.45) is 1.73. The van der Waals surface area contributed by atoms with Crippen LogP contribution in [0.25, 0.3) is 0 Å². The normalized spacial score (nSPS) is 10.1. The fourth-order valence-corrected chi connectivity index (χ4v) is 1.37. The van der Waals surface area contributed by atoms with Gasteiger partial charge in [-0.3, -0.25) is 0 Å². The molecular formula is C12H14N2O2. The standard InChI is InChI=1S/C12H14N2O2/c1-9-3-5-11(16-9)8-13-10-4-6-12(15-2)14-7-10/h3-7,13H,8H2,1-2H3. The average molecular weight is 218 g/mol. The van der Waals surface area contributed by atoms with Crippen molar-refractivity contribution in [3.8, 4) is 5.88 Å². The molecule has 2 rings (SSSR count). The Hall–Kier alpha value is -1.97. The lowest BCUT2D eigenvalue weighted by Crippen LogP contribution is -1.98. The van der Waals surface area contributed by atoms with Crippen LogP contribution in [-0.2, 0) is 6.54 Å². The topological polar surface area (TPSA) is 47.3 Å². The van der Waals surface area contributed by atoms with Gasteiger partial charge >= 0.3 is 0 Å². The molecule has 0 aromatic carbocycles. The first kappa shape index (κ1) is 10.5. The Bertz CT molecular complexity index is 448. The minimum atomic E-state index is 0.611. The highest BCUT2D eigenvalue weighted by molar-refractivity contribution is 5.42. The third kappa shape index (κ3) is 2.53. The molecule has 0 bridgehead atoms. The predicted molar refractivity (Wildman–Crippen MR) is 61.6 cm³/mol. The van der Waals surface area contributed by atoms with E-state index >= 15 is 0 Å². The highest BCUT2D eigenvalue weighted by atomic mass is 16.5. The number of nitrogens with one attached hydrogen (secondary N) is 1. The van der Waals surface area contributed by atoms with E-state index in [0.29, 0.717) is 12.4 Å². The van der Waals surface area contributed by atoms with E-state index in [1.54, 1.807) is 13.3 Å². The summed E-state index contributed by atoms with van der Waals surface area (Å²) in [6.45, 7) is 2.58. The number of aromatic nitrogens is 1. The van der Waals surface area contributed by atoms with E-state index in [2.05, 4.69) is 10.3 Å². The van der Waals surface area contributed by atoms with Crippen LogP contribution in [0, 0.1) is 6.92 Å². The molecule has 0 fully saturated rings. The number of nitrogens with zero attached hydrogens (tertiary/aromatic N) is 1. The van der Waals surface area contributed by atoms with Crippen LogP contribution >= 0.6 is 0 Å². The summed E-state index contributed by atoms with van der Waals surface area (Å²) in [7, 11) is 1.60. The number of ether oxygens (including phenoxy) is 1. The molecule has 2 aromatic rings. The molecule has 0 atom stereocenters.